The minimum atomic E-state index is -0.128. The third-order valence-corrected chi connectivity index (χ3v) is 4.30. The standard InChI is InChI=1S/C22H24N4O2/c1-17-7-5-8-18(15-17)16-26-20(12-14-24-26)25-21(27)11-6-13-23-22(28)19-9-3-2-4-10-19/h2-5,7-10,12,14-15H,6,11,13,16H2,1H3,(H,23,28)(H,25,27). The molecular formula is C22H24N4O2. The van der Waals surface area contributed by atoms with Gasteiger partial charge in [0.15, 0.2) is 0 Å². The number of hydrogen-bond donors (Lipinski definition) is 2. The third kappa shape index (κ3) is 5.54. The van der Waals surface area contributed by atoms with Crippen LogP contribution in [-0.4, -0.2) is 28.1 Å². The highest BCUT2D eigenvalue weighted by Gasteiger charge is 2.09. The number of anilines is 1. The van der Waals surface area contributed by atoms with Crippen LogP contribution in [0.1, 0.15) is 34.3 Å². The van der Waals surface area contributed by atoms with Crippen molar-refractivity contribution in [3.63, 3.8) is 0 Å². The molecule has 3 aromatic rings. The van der Waals surface area contributed by atoms with E-state index in [0.717, 1.165) is 5.56 Å². The Labute approximate surface area is 164 Å². The number of carbonyl (C=O) groups is 2. The maximum atomic E-state index is 12.2. The van der Waals surface area contributed by atoms with E-state index >= 15 is 0 Å². The molecule has 2 N–H and O–H groups in total. The second-order valence-corrected chi connectivity index (χ2v) is 6.64. The minimum absolute atomic E-state index is 0.0973. The molecule has 0 saturated heterocycles. The quantitative estimate of drug-likeness (QED) is 0.592. The van der Waals surface area contributed by atoms with Gasteiger partial charge in [0.25, 0.3) is 5.91 Å². The van der Waals surface area contributed by atoms with Crippen LogP contribution in [0, 0.1) is 6.92 Å². The van der Waals surface area contributed by atoms with Gasteiger partial charge < -0.3 is 10.6 Å². The van der Waals surface area contributed by atoms with Crippen molar-refractivity contribution in [3.05, 3.63) is 83.6 Å². The maximum Gasteiger partial charge on any atom is 0.251 e. The number of nitrogens with one attached hydrogen (secondary N) is 2. The van der Waals surface area contributed by atoms with Crippen LogP contribution in [0.25, 0.3) is 0 Å². The van der Waals surface area contributed by atoms with E-state index in [1.54, 1.807) is 29.1 Å². The summed E-state index contributed by atoms with van der Waals surface area (Å²) in [6.45, 7) is 3.09. The number of benzene rings is 2. The molecule has 0 bridgehead atoms. The Kier molecular flexibility index (Phi) is 6.57. The first-order valence-electron chi connectivity index (χ1n) is 9.32. The summed E-state index contributed by atoms with van der Waals surface area (Å²) >= 11 is 0. The number of nitrogens with zero attached hydrogens (tertiary/aromatic N) is 2. The van der Waals surface area contributed by atoms with Crippen molar-refractivity contribution in [1.29, 1.82) is 0 Å². The van der Waals surface area contributed by atoms with Gasteiger partial charge >= 0.3 is 0 Å². The molecule has 6 heteroatoms. The van der Waals surface area contributed by atoms with E-state index in [9.17, 15) is 9.59 Å². The monoisotopic (exact) mass is 376 g/mol. The van der Waals surface area contributed by atoms with Crippen LogP contribution in [0.5, 0.6) is 0 Å². The van der Waals surface area contributed by atoms with E-state index in [2.05, 4.69) is 21.8 Å². The van der Waals surface area contributed by atoms with Crippen LogP contribution in [0.4, 0.5) is 5.82 Å². The van der Waals surface area contributed by atoms with Gasteiger partial charge in [-0.15, -0.1) is 0 Å². The van der Waals surface area contributed by atoms with Gasteiger partial charge in [-0.1, -0.05) is 48.0 Å². The summed E-state index contributed by atoms with van der Waals surface area (Å²) in [5.74, 6) is 0.442. The molecule has 6 nitrogen and oxygen atoms in total. The molecular weight excluding hydrogens is 352 g/mol. The normalized spacial score (nSPS) is 10.5. The number of rotatable bonds is 8. The van der Waals surface area contributed by atoms with Crippen LogP contribution in [0.3, 0.4) is 0 Å². The highest BCUT2D eigenvalue weighted by Crippen LogP contribution is 2.12. The van der Waals surface area contributed by atoms with Gasteiger partial charge in [0, 0.05) is 24.6 Å². The smallest absolute Gasteiger partial charge is 0.251 e. The Morgan fingerprint density at radius 1 is 1.04 bits per heavy atom. The van der Waals surface area contributed by atoms with Gasteiger partial charge in [0.2, 0.25) is 5.91 Å². The number of aromatic nitrogens is 2. The van der Waals surface area contributed by atoms with E-state index in [0.29, 0.717) is 37.3 Å². The lowest BCUT2D eigenvalue weighted by molar-refractivity contribution is -0.116. The third-order valence-electron chi connectivity index (χ3n) is 4.30. The molecule has 0 unspecified atom stereocenters. The summed E-state index contributed by atoms with van der Waals surface area (Å²) in [6, 6.07) is 19.0. The van der Waals surface area contributed by atoms with Crippen molar-refractivity contribution in [3.8, 4) is 0 Å². The lowest BCUT2D eigenvalue weighted by Crippen LogP contribution is -2.25. The second-order valence-electron chi connectivity index (χ2n) is 6.64. The molecule has 0 spiro atoms. The molecule has 28 heavy (non-hydrogen) atoms. The van der Waals surface area contributed by atoms with Crippen molar-refractivity contribution in [2.24, 2.45) is 0 Å². The lowest BCUT2D eigenvalue weighted by atomic mass is 10.1. The summed E-state index contributed by atoms with van der Waals surface area (Å²) in [5.41, 5.74) is 2.93. The molecule has 0 radical (unpaired) electrons. The average Bonchev–Trinajstić information content (AvgIpc) is 3.12. The SMILES string of the molecule is Cc1cccc(Cn2nccc2NC(=O)CCCNC(=O)c2ccccc2)c1. The van der Waals surface area contributed by atoms with Crippen molar-refractivity contribution in [2.75, 3.05) is 11.9 Å². The van der Waals surface area contributed by atoms with Crippen LogP contribution >= 0.6 is 0 Å². The molecule has 3 rings (SSSR count). The zero-order chi connectivity index (χ0) is 19.8. The fourth-order valence-corrected chi connectivity index (χ4v) is 2.90. The van der Waals surface area contributed by atoms with E-state index in [4.69, 9.17) is 0 Å². The van der Waals surface area contributed by atoms with Gasteiger partial charge in [-0.2, -0.15) is 5.10 Å². The van der Waals surface area contributed by atoms with Gasteiger partial charge in [-0.25, -0.2) is 4.68 Å². The highest BCUT2D eigenvalue weighted by molar-refractivity contribution is 5.94. The number of carbonyl (C=O) groups excluding carboxylic acids is 2. The zero-order valence-electron chi connectivity index (χ0n) is 15.9. The molecule has 2 aromatic carbocycles. The molecule has 2 amide bonds. The fourth-order valence-electron chi connectivity index (χ4n) is 2.90. The van der Waals surface area contributed by atoms with Crippen LogP contribution in [-0.2, 0) is 11.3 Å². The molecule has 144 valence electrons. The van der Waals surface area contributed by atoms with Gasteiger partial charge in [-0.3, -0.25) is 9.59 Å². The Bertz CT molecular complexity index is 934. The second kappa shape index (κ2) is 9.50. The summed E-state index contributed by atoms with van der Waals surface area (Å²) in [7, 11) is 0. The number of aryl methyl sites for hydroxylation is 1. The maximum absolute atomic E-state index is 12.2. The molecule has 0 aliphatic rings. The van der Waals surface area contributed by atoms with Crippen LogP contribution in [0.2, 0.25) is 0 Å². The van der Waals surface area contributed by atoms with Crippen molar-refractivity contribution >= 4 is 17.6 Å². The largest absolute Gasteiger partial charge is 0.352 e. The fraction of sp³-hybridized carbons (Fsp3) is 0.227. The minimum Gasteiger partial charge on any atom is -0.352 e. The number of hydrogen-bond acceptors (Lipinski definition) is 3. The van der Waals surface area contributed by atoms with Gasteiger partial charge in [-0.05, 0) is 31.0 Å². The van der Waals surface area contributed by atoms with Crippen molar-refractivity contribution < 1.29 is 9.59 Å². The first kappa shape index (κ1) is 19.4. The summed E-state index contributed by atoms with van der Waals surface area (Å²) in [4.78, 5) is 24.2. The molecule has 1 heterocycles. The predicted molar refractivity (Wildman–Crippen MR) is 109 cm³/mol. The van der Waals surface area contributed by atoms with Crippen molar-refractivity contribution in [2.45, 2.75) is 26.3 Å². The molecule has 0 saturated carbocycles. The topological polar surface area (TPSA) is 76.0 Å². The predicted octanol–water partition coefficient (Wildman–Crippen LogP) is 3.39. The summed E-state index contributed by atoms with van der Waals surface area (Å²) < 4.78 is 1.77. The van der Waals surface area contributed by atoms with Crippen molar-refractivity contribution in [1.82, 2.24) is 15.1 Å². The molecule has 1 aromatic heterocycles. The molecule has 0 atom stereocenters. The Hall–Kier alpha value is -3.41. The Morgan fingerprint density at radius 2 is 1.86 bits per heavy atom. The highest BCUT2D eigenvalue weighted by atomic mass is 16.2. The Balaban J connectivity index is 1.44. The summed E-state index contributed by atoms with van der Waals surface area (Å²) in [5, 5.41) is 10.0. The number of amides is 2. The van der Waals surface area contributed by atoms with E-state index < -0.39 is 0 Å². The van der Waals surface area contributed by atoms with E-state index in [1.807, 2.05) is 43.3 Å². The molecule has 0 aliphatic heterocycles. The average molecular weight is 376 g/mol. The van der Waals surface area contributed by atoms with Crippen LogP contribution < -0.4 is 10.6 Å². The van der Waals surface area contributed by atoms with E-state index in [-0.39, 0.29) is 11.8 Å². The van der Waals surface area contributed by atoms with Gasteiger partial charge in [0.1, 0.15) is 5.82 Å². The first-order chi connectivity index (χ1) is 13.6. The molecule has 0 fully saturated rings. The van der Waals surface area contributed by atoms with Crippen LogP contribution in [0.15, 0.2) is 66.9 Å². The molecule has 0 aliphatic carbocycles. The zero-order valence-corrected chi connectivity index (χ0v) is 15.9. The van der Waals surface area contributed by atoms with Gasteiger partial charge in [0.05, 0.1) is 12.7 Å². The van der Waals surface area contributed by atoms with E-state index in [1.165, 1.54) is 5.56 Å². The summed E-state index contributed by atoms with van der Waals surface area (Å²) in [6.07, 6.45) is 2.56. The first-order valence-corrected chi connectivity index (χ1v) is 9.32. The Morgan fingerprint density at radius 3 is 2.64 bits per heavy atom. The lowest BCUT2D eigenvalue weighted by Gasteiger charge is -2.10.